The summed E-state index contributed by atoms with van der Waals surface area (Å²) in [5.74, 6) is 0.870. The Kier molecular flexibility index (Phi) is 11.6. The molecule has 0 spiro atoms. The zero-order chi connectivity index (χ0) is 21.2. The number of aliphatic hydroxyl groups is 1. The standard InChI is InChI=1S/C24H40N4O2.HI/c1-25-23(27-19-24(13-16-30-2)11-3-4-12-24)26-17-20-5-7-21(8-6-20)18-28-14-9-22(29)10-15-28;/h5-8,22,29H,3-4,9-19H2,1-2H3,(H2,25,26,27);1H. The van der Waals surface area contributed by atoms with Crippen molar-refractivity contribution in [3.63, 3.8) is 0 Å². The van der Waals surface area contributed by atoms with Crippen LogP contribution in [-0.4, -0.2) is 62.5 Å². The fourth-order valence-corrected chi connectivity index (χ4v) is 4.73. The minimum atomic E-state index is -0.110. The van der Waals surface area contributed by atoms with Crippen LogP contribution in [0.25, 0.3) is 0 Å². The first-order chi connectivity index (χ1) is 14.6. The minimum absolute atomic E-state index is 0. The third kappa shape index (κ3) is 8.51. The quantitative estimate of drug-likeness (QED) is 0.252. The van der Waals surface area contributed by atoms with Crippen molar-refractivity contribution in [2.24, 2.45) is 10.4 Å². The van der Waals surface area contributed by atoms with E-state index in [9.17, 15) is 5.11 Å². The molecule has 0 aromatic heterocycles. The number of halogens is 1. The van der Waals surface area contributed by atoms with E-state index in [4.69, 9.17) is 4.74 Å². The van der Waals surface area contributed by atoms with E-state index in [0.717, 1.165) is 64.6 Å². The van der Waals surface area contributed by atoms with Crippen molar-refractivity contribution in [1.29, 1.82) is 0 Å². The average Bonchev–Trinajstić information content (AvgIpc) is 3.24. The third-order valence-corrected chi connectivity index (χ3v) is 6.80. The van der Waals surface area contributed by atoms with E-state index in [1.807, 2.05) is 7.05 Å². The number of methoxy groups -OCH3 is 1. The van der Waals surface area contributed by atoms with Crippen molar-refractivity contribution in [3.8, 4) is 0 Å². The molecule has 0 radical (unpaired) electrons. The molecule has 0 unspecified atom stereocenters. The van der Waals surface area contributed by atoms with E-state index in [1.165, 1.54) is 36.8 Å². The molecular weight excluding hydrogens is 503 g/mol. The van der Waals surface area contributed by atoms with Gasteiger partial charge in [-0.2, -0.15) is 0 Å². The number of rotatable bonds is 9. The van der Waals surface area contributed by atoms with E-state index in [-0.39, 0.29) is 30.1 Å². The smallest absolute Gasteiger partial charge is 0.191 e. The Balaban J connectivity index is 0.00000341. The molecule has 31 heavy (non-hydrogen) atoms. The number of aliphatic imine (C=N–C) groups is 1. The number of benzene rings is 1. The molecule has 1 aliphatic heterocycles. The van der Waals surface area contributed by atoms with Gasteiger partial charge in [0.15, 0.2) is 5.96 Å². The van der Waals surface area contributed by atoms with Gasteiger partial charge in [-0.3, -0.25) is 9.89 Å². The average molecular weight is 545 g/mol. The normalized spacial score (nSPS) is 19.8. The number of guanidine groups is 1. The number of hydrogen-bond acceptors (Lipinski definition) is 4. The lowest BCUT2D eigenvalue weighted by molar-refractivity contribution is 0.0792. The molecule has 1 saturated heterocycles. The van der Waals surface area contributed by atoms with Crippen molar-refractivity contribution >= 4 is 29.9 Å². The Morgan fingerprint density at radius 2 is 1.77 bits per heavy atom. The van der Waals surface area contributed by atoms with Crippen LogP contribution in [0.2, 0.25) is 0 Å². The van der Waals surface area contributed by atoms with Crippen molar-refractivity contribution in [3.05, 3.63) is 35.4 Å². The Hall–Kier alpha value is -0.900. The third-order valence-electron chi connectivity index (χ3n) is 6.80. The number of nitrogens with one attached hydrogen (secondary N) is 2. The molecule has 1 saturated carbocycles. The maximum absolute atomic E-state index is 9.65. The van der Waals surface area contributed by atoms with Crippen LogP contribution in [-0.2, 0) is 17.8 Å². The lowest BCUT2D eigenvalue weighted by atomic mass is 9.83. The van der Waals surface area contributed by atoms with Crippen molar-refractivity contribution < 1.29 is 9.84 Å². The molecule has 176 valence electrons. The topological polar surface area (TPSA) is 69.1 Å². The highest BCUT2D eigenvalue weighted by molar-refractivity contribution is 14.0. The van der Waals surface area contributed by atoms with Gasteiger partial charge in [0.1, 0.15) is 0 Å². The van der Waals surface area contributed by atoms with Crippen LogP contribution in [0.1, 0.15) is 56.1 Å². The summed E-state index contributed by atoms with van der Waals surface area (Å²) >= 11 is 0. The first-order valence-corrected chi connectivity index (χ1v) is 11.5. The molecule has 1 heterocycles. The second-order valence-corrected chi connectivity index (χ2v) is 9.05. The second-order valence-electron chi connectivity index (χ2n) is 9.05. The van der Waals surface area contributed by atoms with Gasteiger partial charge in [-0.1, -0.05) is 37.1 Å². The zero-order valence-electron chi connectivity index (χ0n) is 19.2. The summed E-state index contributed by atoms with van der Waals surface area (Å²) in [5.41, 5.74) is 2.93. The van der Waals surface area contributed by atoms with E-state index in [1.54, 1.807) is 7.11 Å². The fourth-order valence-electron chi connectivity index (χ4n) is 4.73. The van der Waals surface area contributed by atoms with Gasteiger partial charge in [0, 0.05) is 53.5 Å². The predicted octanol–water partition coefficient (Wildman–Crippen LogP) is 3.52. The number of ether oxygens (including phenoxy) is 1. The molecule has 1 aromatic carbocycles. The largest absolute Gasteiger partial charge is 0.393 e. The van der Waals surface area contributed by atoms with Gasteiger partial charge in [0.2, 0.25) is 0 Å². The molecule has 3 rings (SSSR count). The molecule has 0 amide bonds. The first-order valence-electron chi connectivity index (χ1n) is 11.5. The molecule has 0 bridgehead atoms. The molecule has 0 atom stereocenters. The molecule has 1 aromatic rings. The number of aliphatic hydroxyl groups excluding tert-OH is 1. The van der Waals surface area contributed by atoms with E-state index in [0.29, 0.717) is 5.41 Å². The van der Waals surface area contributed by atoms with E-state index < -0.39 is 0 Å². The van der Waals surface area contributed by atoms with Gasteiger partial charge in [0.05, 0.1) is 6.10 Å². The van der Waals surface area contributed by atoms with Crippen molar-refractivity contribution in [2.45, 2.75) is 64.1 Å². The lowest BCUT2D eigenvalue weighted by Crippen LogP contribution is -2.43. The van der Waals surface area contributed by atoms with E-state index >= 15 is 0 Å². The number of piperidine rings is 1. The van der Waals surface area contributed by atoms with Crippen molar-refractivity contribution in [1.82, 2.24) is 15.5 Å². The Bertz CT molecular complexity index is 654. The summed E-state index contributed by atoms with van der Waals surface area (Å²) in [6, 6.07) is 8.84. The van der Waals surface area contributed by atoms with Gasteiger partial charge in [-0.05, 0) is 48.6 Å². The number of likely N-dealkylation sites (tertiary alicyclic amines) is 1. The number of hydrogen-bond donors (Lipinski definition) is 3. The molecule has 2 aliphatic rings. The van der Waals surface area contributed by atoms with Crippen LogP contribution >= 0.6 is 24.0 Å². The summed E-state index contributed by atoms with van der Waals surface area (Å²) in [7, 11) is 3.63. The van der Waals surface area contributed by atoms with Crippen LogP contribution in [0, 0.1) is 5.41 Å². The van der Waals surface area contributed by atoms with Gasteiger partial charge in [-0.25, -0.2) is 0 Å². The monoisotopic (exact) mass is 544 g/mol. The van der Waals surface area contributed by atoms with Crippen LogP contribution < -0.4 is 10.6 Å². The highest BCUT2D eigenvalue weighted by Gasteiger charge is 2.33. The van der Waals surface area contributed by atoms with Crippen molar-refractivity contribution in [2.75, 3.05) is 40.4 Å². The highest BCUT2D eigenvalue weighted by atomic mass is 127. The molecular formula is C24H41IN4O2. The Morgan fingerprint density at radius 1 is 1.13 bits per heavy atom. The highest BCUT2D eigenvalue weighted by Crippen LogP contribution is 2.40. The van der Waals surface area contributed by atoms with Gasteiger partial charge < -0.3 is 20.5 Å². The molecule has 6 nitrogen and oxygen atoms in total. The SMILES string of the molecule is CN=C(NCc1ccc(CN2CCC(O)CC2)cc1)NCC1(CCOC)CCCC1.I. The van der Waals surface area contributed by atoms with Crippen LogP contribution in [0.4, 0.5) is 0 Å². The maximum Gasteiger partial charge on any atom is 0.191 e. The summed E-state index contributed by atoms with van der Waals surface area (Å²) in [6.45, 7) is 5.49. The Labute approximate surface area is 205 Å². The summed E-state index contributed by atoms with van der Waals surface area (Å²) in [4.78, 5) is 6.84. The van der Waals surface area contributed by atoms with Gasteiger partial charge >= 0.3 is 0 Å². The van der Waals surface area contributed by atoms with Crippen LogP contribution in [0.3, 0.4) is 0 Å². The maximum atomic E-state index is 9.65. The summed E-state index contributed by atoms with van der Waals surface area (Å²) in [6.07, 6.45) is 7.98. The predicted molar refractivity (Wildman–Crippen MR) is 138 cm³/mol. The van der Waals surface area contributed by atoms with Gasteiger partial charge in [-0.15, -0.1) is 24.0 Å². The first kappa shape index (κ1) is 26.4. The minimum Gasteiger partial charge on any atom is -0.393 e. The van der Waals surface area contributed by atoms with E-state index in [2.05, 4.69) is 44.8 Å². The molecule has 2 fully saturated rings. The van der Waals surface area contributed by atoms with Gasteiger partial charge in [0.25, 0.3) is 0 Å². The van der Waals surface area contributed by atoms with Crippen LogP contribution in [0.5, 0.6) is 0 Å². The zero-order valence-corrected chi connectivity index (χ0v) is 21.6. The van der Waals surface area contributed by atoms with Crippen LogP contribution in [0.15, 0.2) is 29.3 Å². The molecule has 7 heteroatoms. The second kappa shape index (κ2) is 13.6. The fraction of sp³-hybridized carbons (Fsp3) is 0.708. The summed E-state index contributed by atoms with van der Waals surface area (Å²) in [5, 5.41) is 16.7. The number of nitrogens with zero attached hydrogens (tertiary/aromatic N) is 2. The lowest BCUT2D eigenvalue weighted by Gasteiger charge is -2.30. The summed E-state index contributed by atoms with van der Waals surface area (Å²) < 4.78 is 5.34. The molecule has 1 aliphatic carbocycles. The molecule has 3 N–H and O–H groups in total. The Morgan fingerprint density at radius 3 is 2.39 bits per heavy atom.